The molecule has 0 unspecified atom stereocenters. The van der Waals surface area contributed by atoms with Crippen LogP contribution >= 0.6 is 11.6 Å². The summed E-state index contributed by atoms with van der Waals surface area (Å²) in [7, 11) is 2.81. The molecule has 172 valence electrons. The monoisotopic (exact) mass is 472 g/mol. The van der Waals surface area contributed by atoms with E-state index in [9.17, 15) is 14.4 Å². The number of esters is 1. The highest BCUT2D eigenvalue weighted by molar-refractivity contribution is 6.31. The van der Waals surface area contributed by atoms with Crippen LogP contribution in [-0.2, 0) is 16.1 Å². The quantitative estimate of drug-likeness (QED) is 0.456. The van der Waals surface area contributed by atoms with Gasteiger partial charge in [-0.15, -0.1) is 0 Å². The molecule has 0 fully saturated rings. The number of nitrogens with one attached hydrogen (secondary N) is 2. The molecule has 0 saturated heterocycles. The first-order chi connectivity index (χ1) is 15.9. The molecule has 1 heterocycles. The lowest BCUT2D eigenvalue weighted by atomic mass is 10.1. The molecular formula is C23H21ClN2O7. The molecule has 0 spiro atoms. The Labute approximate surface area is 194 Å². The minimum atomic E-state index is -0.849. The van der Waals surface area contributed by atoms with Crippen LogP contribution in [0.5, 0.6) is 11.5 Å². The van der Waals surface area contributed by atoms with Gasteiger partial charge in [-0.2, -0.15) is 0 Å². The Hall–Kier alpha value is -3.98. The molecule has 33 heavy (non-hydrogen) atoms. The van der Waals surface area contributed by atoms with Gasteiger partial charge in [0.15, 0.2) is 23.9 Å². The molecule has 3 aromatic rings. The smallest absolute Gasteiger partial charge is 0.340 e. The Morgan fingerprint density at radius 1 is 1.00 bits per heavy atom. The summed E-state index contributed by atoms with van der Waals surface area (Å²) in [6, 6.07) is 12.8. The summed E-state index contributed by atoms with van der Waals surface area (Å²) >= 11 is 6.06. The average Bonchev–Trinajstić information content (AvgIpc) is 3.37. The molecule has 3 rings (SSSR count). The summed E-state index contributed by atoms with van der Waals surface area (Å²) in [5, 5.41) is 5.71. The number of hydrogen-bond acceptors (Lipinski definition) is 7. The lowest BCUT2D eigenvalue weighted by Crippen LogP contribution is -2.28. The zero-order chi connectivity index (χ0) is 23.8. The van der Waals surface area contributed by atoms with Gasteiger partial charge < -0.3 is 29.3 Å². The van der Waals surface area contributed by atoms with E-state index in [1.165, 1.54) is 38.7 Å². The van der Waals surface area contributed by atoms with E-state index in [4.69, 9.17) is 30.2 Å². The van der Waals surface area contributed by atoms with Crippen LogP contribution < -0.4 is 20.1 Å². The largest absolute Gasteiger partial charge is 0.493 e. The first kappa shape index (κ1) is 23.7. The van der Waals surface area contributed by atoms with Crippen LogP contribution in [0.25, 0.3) is 0 Å². The number of halogens is 1. The molecule has 0 radical (unpaired) electrons. The van der Waals surface area contributed by atoms with Crippen LogP contribution in [-0.4, -0.2) is 38.6 Å². The van der Waals surface area contributed by atoms with Crippen molar-refractivity contribution in [2.45, 2.75) is 6.54 Å². The fourth-order valence-corrected chi connectivity index (χ4v) is 3.04. The van der Waals surface area contributed by atoms with Crippen LogP contribution in [0.15, 0.2) is 59.2 Å². The zero-order valence-electron chi connectivity index (χ0n) is 17.8. The second-order valence-electron chi connectivity index (χ2n) is 6.63. The third-order valence-corrected chi connectivity index (χ3v) is 4.87. The lowest BCUT2D eigenvalue weighted by Gasteiger charge is -2.15. The van der Waals surface area contributed by atoms with Crippen molar-refractivity contribution in [1.82, 2.24) is 5.32 Å². The highest BCUT2D eigenvalue weighted by Crippen LogP contribution is 2.34. The van der Waals surface area contributed by atoms with Gasteiger partial charge in [-0.25, -0.2) is 4.79 Å². The summed E-state index contributed by atoms with van der Waals surface area (Å²) in [4.78, 5) is 37.3. The predicted octanol–water partition coefficient (Wildman–Crippen LogP) is 3.68. The number of methoxy groups -OCH3 is 2. The Morgan fingerprint density at radius 3 is 2.39 bits per heavy atom. The second-order valence-corrected chi connectivity index (χ2v) is 7.04. The van der Waals surface area contributed by atoms with Crippen LogP contribution in [0.3, 0.4) is 0 Å². The molecule has 9 nitrogen and oxygen atoms in total. The normalized spacial score (nSPS) is 10.3. The van der Waals surface area contributed by atoms with Gasteiger partial charge in [0, 0.05) is 23.7 Å². The lowest BCUT2D eigenvalue weighted by molar-refractivity contribution is -0.124. The number of carbonyl (C=O) groups is 3. The van der Waals surface area contributed by atoms with Gasteiger partial charge in [0.25, 0.3) is 11.8 Å². The Balaban J connectivity index is 1.71. The molecule has 0 saturated carbocycles. The number of hydrogen-bond donors (Lipinski definition) is 2. The number of carbonyl (C=O) groups excluding carboxylic acids is 3. The molecule has 10 heteroatoms. The summed E-state index contributed by atoms with van der Waals surface area (Å²) in [5.41, 5.74) is 0.781. The molecule has 0 bridgehead atoms. The van der Waals surface area contributed by atoms with Gasteiger partial charge in [0.1, 0.15) is 0 Å². The number of rotatable bonds is 9. The number of benzene rings is 2. The van der Waals surface area contributed by atoms with E-state index in [-0.39, 0.29) is 35.1 Å². The molecule has 2 amide bonds. The maximum absolute atomic E-state index is 12.7. The summed E-state index contributed by atoms with van der Waals surface area (Å²) in [6.07, 6.45) is 1.35. The molecule has 2 aromatic carbocycles. The Bertz CT molecular complexity index is 1150. The van der Waals surface area contributed by atoms with Crippen LogP contribution in [0.2, 0.25) is 5.02 Å². The van der Waals surface area contributed by atoms with E-state index in [0.717, 1.165) is 5.56 Å². The van der Waals surface area contributed by atoms with E-state index in [2.05, 4.69) is 10.6 Å². The average molecular weight is 473 g/mol. The fourth-order valence-electron chi connectivity index (χ4n) is 2.84. The number of ether oxygens (including phenoxy) is 3. The summed E-state index contributed by atoms with van der Waals surface area (Å²) < 4.78 is 20.7. The third kappa shape index (κ3) is 6.05. The van der Waals surface area contributed by atoms with Crippen molar-refractivity contribution in [1.29, 1.82) is 0 Å². The van der Waals surface area contributed by atoms with E-state index in [0.29, 0.717) is 5.02 Å². The maximum atomic E-state index is 12.7. The van der Waals surface area contributed by atoms with Crippen molar-refractivity contribution in [3.8, 4) is 11.5 Å². The van der Waals surface area contributed by atoms with Crippen molar-refractivity contribution in [2.24, 2.45) is 0 Å². The van der Waals surface area contributed by atoms with E-state index in [1.54, 1.807) is 30.3 Å². The fraction of sp³-hybridized carbons (Fsp3) is 0.174. The number of amides is 2. The van der Waals surface area contributed by atoms with Crippen molar-refractivity contribution >= 4 is 35.1 Å². The van der Waals surface area contributed by atoms with E-state index in [1.807, 2.05) is 0 Å². The van der Waals surface area contributed by atoms with Crippen molar-refractivity contribution in [3.05, 3.63) is 76.7 Å². The first-order valence-electron chi connectivity index (χ1n) is 9.71. The summed E-state index contributed by atoms with van der Waals surface area (Å²) in [5.74, 6) is -1.39. The predicted molar refractivity (Wildman–Crippen MR) is 120 cm³/mol. The first-order valence-corrected chi connectivity index (χ1v) is 10.1. The number of anilines is 1. The van der Waals surface area contributed by atoms with Crippen LogP contribution in [0.4, 0.5) is 5.69 Å². The molecule has 0 aliphatic carbocycles. The van der Waals surface area contributed by atoms with E-state index < -0.39 is 24.4 Å². The molecule has 1 aromatic heterocycles. The Kier molecular flexibility index (Phi) is 7.93. The van der Waals surface area contributed by atoms with Crippen molar-refractivity contribution in [2.75, 3.05) is 26.1 Å². The zero-order valence-corrected chi connectivity index (χ0v) is 18.6. The second kappa shape index (κ2) is 11.1. The van der Waals surface area contributed by atoms with Gasteiger partial charge in [0.2, 0.25) is 0 Å². The van der Waals surface area contributed by atoms with Crippen molar-refractivity contribution in [3.63, 3.8) is 0 Å². The van der Waals surface area contributed by atoms with Gasteiger partial charge >= 0.3 is 5.97 Å². The standard InChI is InChI=1S/C23H21ClN2O7/c1-30-19-10-15(17(11-20(19)31-2)26-22(28)18-8-5-9-32-18)23(29)33-13-21(27)25-12-14-6-3-4-7-16(14)24/h3-11H,12-13H2,1-2H3,(H,25,27)(H,26,28). The van der Waals surface area contributed by atoms with Gasteiger partial charge in [-0.05, 0) is 23.8 Å². The molecule has 2 N–H and O–H groups in total. The van der Waals surface area contributed by atoms with Crippen LogP contribution in [0, 0.1) is 0 Å². The molecular weight excluding hydrogens is 452 g/mol. The highest BCUT2D eigenvalue weighted by atomic mass is 35.5. The third-order valence-electron chi connectivity index (χ3n) is 4.50. The topological polar surface area (TPSA) is 116 Å². The SMILES string of the molecule is COc1cc(NC(=O)c2ccco2)c(C(=O)OCC(=O)NCc2ccccc2Cl)cc1OC. The molecule has 0 atom stereocenters. The molecule has 0 aliphatic rings. The van der Waals surface area contributed by atoms with Crippen molar-refractivity contribution < 1.29 is 33.0 Å². The number of furan rings is 1. The minimum Gasteiger partial charge on any atom is -0.493 e. The molecule has 0 aliphatic heterocycles. The Morgan fingerprint density at radius 2 is 1.73 bits per heavy atom. The minimum absolute atomic E-state index is 0.0357. The highest BCUT2D eigenvalue weighted by Gasteiger charge is 2.21. The van der Waals surface area contributed by atoms with Gasteiger partial charge in [-0.1, -0.05) is 29.8 Å². The van der Waals surface area contributed by atoms with Crippen LogP contribution in [0.1, 0.15) is 26.5 Å². The van der Waals surface area contributed by atoms with E-state index >= 15 is 0 Å². The van der Waals surface area contributed by atoms with Gasteiger partial charge in [0.05, 0.1) is 31.7 Å². The maximum Gasteiger partial charge on any atom is 0.340 e. The van der Waals surface area contributed by atoms with Gasteiger partial charge in [-0.3, -0.25) is 9.59 Å². The summed E-state index contributed by atoms with van der Waals surface area (Å²) in [6.45, 7) is -0.361.